The Morgan fingerprint density at radius 2 is 2.00 bits per heavy atom. The Kier molecular flexibility index (Phi) is 4.28. The van der Waals surface area contributed by atoms with Crippen LogP contribution in [-0.4, -0.2) is 21.9 Å². The van der Waals surface area contributed by atoms with Gasteiger partial charge in [-0.25, -0.2) is 4.98 Å². The monoisotopic (exact) mass is 307 g/mol. The van der Waals surface area contributed by atoms with E-state index in [-0.39, 0.29) is 0 Å². The topological polar surface area (TPSA) is 67.7 Å². The van der Waals surface area contributed by atoms with Crippen molar-refractivity contribution in [3.05, 3.63) is 65.6 Å². The lowest BCUT2D eigenvalue weighted by molar-refractivity contribution is 0.934. The normalized spacial score (nSPS) is 11.8. The lowest BCUT2D eigenvalue weighted by Crippen LogP contribution is -2.23. The molecule has 1 aromatic carbocycles. The molecule has 0 saturated carbocycles. The van der Waals surface area contributed by atoms with Crippen molar-refractivity contribution in [1.29, 1.82) is 0 Å². The van der Waals surface area contributed by atoms with Gasteiger partial charge in [0, 0.05) is 31.0 Å². The van der Waals surface area contributed by atoms with E-state index in [0.29, 0.717) is 12.5 Å². The minimum absolute atomic E-state index is 0.429. The number of imidazole rings is 1. The Balaban J connectivity index is 1.60. The van der Waals surface area contributed by atoms with Crippen molar-refractivity contribution >= 4 is 17.3 Å². The molecule has 0 saturated heterocycles. The third-order valence-corrected chi connectivity index (χ3v) is 3.56. The number of guanidine groups is 1. The molecule has 0 fully saturated rings. The van der Waals surface area contributed by atoms with E-state index in [0.717, 1.165) is 23.4 Å². The molecule has 0 bridgehead atoms. The Bertz CT molecular complexity index is 794. The molecule has 0 unspecified atom stereocenters. The highest BCUT2D eigenvalue weighted by molar-refractivity contribution is 5.92. The van der Waals surface area contributed by atoms with Crippen LogP contribution in [0.25, 0.3) is 5.65 Å². The molecule has 0 aliphatic carbocycles. The van der Waals surface area contributed by atoms with Gasteiger partial charge in [0.2, 0.25) is 0 Å². The zero-order valence-electron chi connectivity index (χ0n) is 13.5. The van der Waals surface area contributed by atoms with E-state index < -0.39 is 0 Å². The lowest BCUT2D eigenvalue weighted by Gasteiger charge is -2.07. The number of hydrogen-bond acceptors (Lipinski definition) is 2. The summed E-state index contributed by atoms with van der Waals surface area (Å²) in [4.78, 5) is 8.93. The van der Waals surface area contributed by atoms with Crippen LogP contribution < -0.4 is 11.1 Å². The van der Waals surface area contributed by atoms with Gasteiger partial charge < -0.3 is 15.5 Å². The van der Waals surface area contributed by atoms with E-state index in [1.54, 1.807) is 0 Å². The van der Waals surface area contributed by atoms with Crippen molar-refractivity contribution in [3.8, 4) is 0 Å². The number of rotatable bonds is 4. The van der Waals surface area contributed by atoms with E-state index in [2.05, 4.69) is 47.3 Å². The molecule has 0 amide bonds. The predicted octanol–water partition coefficient (Wildman–Crippen LogP) is 2.92. The number of pyridine rings is 1. The first-order valence-corrected chi connectivity index (χ1v) is 7.68. The highest BCUT2D eigenvalue weighted by atomic mass is 15.1. The Hall–Kier alpha value is -2.82. The number of nitrogens with two attached hydrogens (primary N) is 1. The van der Waals surface area contributed by atoms with Gasteiger partial charge in [0.25, 0.3) is 0 Å². The molecule has 5 nitrogen and oxygen atoms in total. The second kappa shape index (κ2) is 6.52. The molecule has 3 aromatic rings. The maximum Gasteiger partial charge on any atom is 0.193 e. The van der Waals surface area contributed by atoms with Gasteiger partial charge in [0.1, 0.15) is 5.65 Å². The molecule has 0 aliphatic rings. The van der Waals surface area contributed by atoms with E-state index in [1.165, 1.54) is 11.1 Å². The van der Waals surface area contributed by atoms with Gasteiger partial charge in [-0.1, -0.05) is 12.1 Å². The van der Waals surface area contributed by atoms with Crippen molar-refractivity contribution in [2.45, 2.75) is 20.3 Å². The Labute approximate surface area is 135 Å². The number of nitrogens with one attached hydrogen (secondary N) is 1. The number of aliphatic imine (C=N–C) groups is 1. The first-order valence-electron chi connectivity index (χ1n) is 7.68. The maximum atomic E-state index is 5.96. The van der Waals surface area contributed by atoms with Gasteiger partial charge in [0.05, 0.1) is 5.69 Å². The summed E-state index contributed by atoms with van der Waals surface area (Å²) in [5.41, 5.74) is 11.3. The third kappa shape index (κ3) is 3.88. The number of nitrogens with zero attached hydrogens (tertiary/aromatic N) is 3. The summed E-state index contributed by atoms with van der Waals surface area (Å²) < 4.78 is 2.01. The van der Waals surface area contributed by atoms with E-state index in [1.807, 2.05) is 35.0 Å². The molecule has 0 aliphatic heterocycles. The molecule has 0 radical (unpaired) electrons. The van der Waals surface area contributed by atoms with Crippen LogP contribution in [0.3, 0.4) is 0 Å². The number of anilines is 1. The number of hydrogen-bond donors (Lipinski definition) is 2. The molecule has 2 heterocycles. The summed E-state index contributed by atoms with van der Waals surface area (Å²) >= 11 is 0. The number of benzene rings is 1. The first kappa shape index (κ1) is 15.1. The van der Waals surface area contributed by atoms with Crippen LogP contribution in [0.2, 0.25) is 0 Å². The third-order valence-electron chi connectivity index (χ3n) is 3.56. The quantitative estimate of drug-likeness (QED) is 0.575. The average Bonchev–Trinajstić information content (AvgIpc) is 2.88. The average molecular weight is 307 g/mol. The van der Waals surface area contributed by atoms with Gasteiger partial charge in [-0.2, -0.15) is 0 Å². The molecule has 5 heteroatoms. The van der Waals surface area contributed by atoms with Crippen molar-refractivity contribution < 1.29 is 0 Å². The fraction of sp³-hybridized carbons (Fsp3) is 0.222. The predicted molar refractivity (Wildman–Crippen MR) is 94.9 cm³/mol. The zero-order valence-corrected chi connectivity index (χ0v) is 13.5. The smallest absolute Gasteiger partial charge is 0.193 e. The minimum Gasteiger partial charge on any atom is -0.370 e. The lowest BCUT2D eigenvalue weighted by atomic mass is 10.1. The van der Waals surface area contributed by atoms with Crippen LogP contribution >= 0.6 is 0 Å². The fourth-order valence-corrected chi connectivity index (χ4v) is 2.63. The van der Waals surface area contributed by atoms with Crippen LogP contribution in [0.5, 0.6) is 0 Å². The molecule has 0 spiro atoms. The largest absolute Gasteiger partial charge is 0.370 e. The standard InChI is InChI=1S/C18H21N5/c1-13-9-14(2)11-16(10-13)22-18(19)20-7-6-15-12-23-8-4-3-5-17(23)21-15/h3-5,8-12H,6-7H2,1-2H3,(H3,19,20,22). The van der Waals surface area contributed by atoms with Gasteiger partial charge >= 0.3 is 0 Å². The van der Waals surface area contributed by atoms with Crippen LogP contribution in [0.4, 0.5) is 5.69 Å². The Morgan fingerprint density at radius 3 is 2.74 bits per heavy atom. The van der Waals surface area contributed by atoms with Crippen molar-refractivity contribution in [1.82, 2.24) is 9.38 Å². The van der Waals surface area contributed by atoms with Crippen molar-refractivity contribution in [2.24, 2.45) is 10.7 Å². The zero-order chi connectivity index (χ0) is 16.2. The first-order chi connectivity index (χ1) is 11.1. The fourth-order valence-electron chi connectivity index (χ4n) is 2.63. The summed E-state index contributed by atoms with van der Waals surface area (Å²) in [6, 6.07) is 12.2. The SMILES string of the molecule is Cc1cc(C)cc(NC(N)=NCCc2cn3ccccc3n2)c1. The highest BCUT2D eigenvalue weighted by Gasteiger charge is 2.01. The molecule has 118 valence electrons. The van der Waals surface area contributed by atoms with Gasteiger partial charge in [-0.3, -0.25) is 4.99 Å². The molecule has 2 aromatic heterocycles. The van der Waals surface area contributed by atoms with Crippen LogP contribution in [0, 0.1) is 13.8 Å². The van der Waals surface area contributed by atoms with Crippen molar-refractivity contribution in [3.63, 3.8) is 0 Å². The highest BCUT2D eigenvalue weighted by Crippen LogP contribution is 2.13. The van der Waals surface area contributed by atoms with E-state index in [4.69, 9.17) is 5.73 Å². The molecular formula is C18H21N5. The van der Waals surface area contributed by atoms with E-state index >= 15 is 0 Å². The number of fused-ring (bicyclic) bond motifs is 1. The Morgan fingerprint density at radius 1 is 1.22 bits per heavy atom. The van der Waals surface area contributed by atoms with Crippen LogP contribution in [0.1, 0.15) is 16.8 Å². The molecule has 23 heavy (non-hydrogen) atoms. The minimum atomic E-state index is 0.429. The summed E-state index contributed by atoms with van der Waals surface area (Å²) in [6.45, 7) is 4.73. The molecular weight excluding hydrogens is 286 g/mol. The summed E-state index contributed by atoms with van der Waals surface area (Å²) in [5, 5.41) is 3.14. The second-order valence-electron chi connectivity index (χ2n) is 5.72. The van der Waals surface area contributed by atoms with Crippen LogP contribution in [-0.2, 0) is 6.42 Å². The molecule has 0 atom stereocenters. The van der Waals surface area contributed by atoms with Crippen molar-refractivity contribution in [2.75, 3.05) is 11.9 Å². The van der Waals surface area contributed by atoms with E-state index in [9.17, 15) is 0 Å². The number of aromatic nitrogens is 2. The van der Waals surface area contributed by atoms with Crippen LogP contribution in [0.15, 0.2) is 53.8 Å². The maximum absolute atomic E-state index is 5.96. The summed E-state index contributed by atoms with van der Waals surface area (Å²) in [6.07, 6.45) is 4.78. The second-order valence-corrected chi connectivity index (χ2v) is 5.72. The summed E-state index contributed by atoms with van der Waals surface area (Å²) in [7, 11) is 0. The molecule has 3 N–H and O–H groups in total. The van der Waals surface area contributed by atoms with Gasteiger partial charge in [-0.05, 0) is 49.2 Å². The summed E-state index contributed by atoms with van der Waals surface area (Å²) in [5.74, 6) is 0.429. The molecule has 3 rings (SSSR count). The van der Waals surface area contributed by atoms with Gasteiger partial charge in [0.15, 0.2) is 5.96 Å². The van der Waals surface area contributed by atoms with Gasteiger partial charge in [-0.15, -0.1) is 0 Å². The number of aryl methyl sites for hydroxylation is 2.